The molecule has 0 saturated heterocycles. The van der Waals surface area contributed by atoms with Gasteiger partial charge in [0.2, 0.25) is 7.37 Å². The van der Waals surface area contributed by atoms with Crippen LogP contribution in [0.2, 0.25) is 0 Å². The van der Waals surface area contributed by atoms with Crippen LogP contribution in [0.15, 0.2) is 30.3 Å². The van der Waals surface area contributed by atoms with Crippen molar-refractivity contribution in [1.82, 2.24) is 0 Å². The molecule has 0 spiro atoms. The van der Waals surface area contributed by atoms with Crippen molar-refractivity contribution in [3.63, 3.8) is 0 Å². The first kappa shape index (κ1) is 17.8. The van der Waals surface area contributed by atoms with Crippen LogP contribution in [0.5, 0.6) is 0 Å². The second kappa shape index (κ2) is 9.60. The number of hydrogen-bond acceptors (Lipinski definition) is 2. The molecule has 0 bridgehead atoms. The molecule has 1 aromatic carbocycles. The number of hydrogen-bond donors (Lipinski definition) is 0. The van der Waals surface area contributed by atoms with Crippen LogP contribution < -0.4 is 5.30 Å². The van der Waals surface area contributed by atoms with Crippen LogP contribution in [-0.2, 0) is 9.09 Å². The number of rotatable bonds is 10. The van der Waals surface area contributed by atoms with Crippen molar-refractivity contribution in [2.75, 3.05) is 12.8 Å². The van der Waals surface area contributed by atoms with Crippen molar-refractivity contribution in [1.29, 1.82) is 0 Å². The Labute approximate surface area is 128 Å². The first-order valence-electron chi connectivity index (χ1n) is 7.55. The van der Waals surface area contributed by atoms with Crippen molar-refractivity contribution in [2.45, 2.75) is 51.3 Å². The summed E-state index contributed by atoms with van der Waals surface area (Å²) in [6.45, 7) is 4.52. The summed E-state index contributed by atoms with van der Waals surface area (Å²) < 4.78 is 18.6. The van der Waals surface area contributed by atoms with Crippen LogP contribution in [0.3, 0.4) is 0 Å². The van der Waals surface area contributed by atoms with Gasteiger partial charge in [-0.25, -0.2) is 0 Å². The van der Waals surface area contributed by atoms with Crippen molar-refractivity contribution in [3.05, 3.63) is 30.3 Å². The second-order valence-corrected chi connectivity index (χ2v) is 8.16. The molecule has 0 aromatic heterocycles. The zero-order valence-corrected chi connectivity index (χ0v) is 14.2. The lowest BCUT2D eigenvalue weighted by atomic mass is 10.1. The van der Waals surface area contributed by atoms with E-state index in [2.05, 4.69) is 6.92 Å². The minimum absolute atomic E-state index is 0.0792. The van der Waals surface area contributed by atoms with Gasteiger partial charge in [-0.05, 0) is 25.5 Å². The van der Waals surface area contributed by atoms with Gasteiger partial charge < -0.3 is 4.52 Å². The van der Waals surface area contributed by atoms with Crippen LogP contribution >= 0.6 is 19.0 Å². The van der Waals surface area contributed by atoms with Gasteiger partial charge in [0.05, 0.1) is 6.61 Å². The van der Waals surface area contributed by atoms with Gasteiger partial charge in [-0.2, -0.15) is 0 Å². The van der Waals surface area contributed by atoms with Crippen molar-refractivity contribution in [3.8, 4) is 0 Å². The second-order valence-electron chi connectivity index (χ2n) is 5.06. The van der Waals surface area contributed by atoms with Crippen molar-refractivity contribution < 1.29 is 9.09 Å². The third kappa shape index (κ3) is 5.99. The van der Waals surface area contributed by atoms with Gasteiger partial charge in [0.25, 0.3) is 0 Å². The van der Waals surface area contributed by atoms with Crippen LogP contribution in [0, 0.1) is 0 Å². The molecule has 0 fully saturated rings. The molecule has 114 valence electrons. The largest absolute Gasteiger partial charge is 0.326 e. The molecule has 0 aliphatic carbocycles. The van der Waals surface area contributed by atoms with E-state index in [-0.39, 0.29) is 5.38 Å². The molecule has 1 rings (SSSR count). The Bertz CT molecular complexity index is 408. The van der Waals surface area contributed by atoms with Gasteiger partial charge >= 0.3 is 0 Å². The molecule has 0 aliphatic rings. The molecule has 0 amide bonds. The van der Waals surface area contributed by atoms with Crippen molar-refractivity contribution in [2.24, 2.45) is 0 Å². The van der Waals surface area contributed by atoms with E-state index >= 15 is 0 Å². The van der Waals surface area contributed by atoms with E-state index in [1.54, 1.807) is 0 Å². The summed E-state index contributed by atoms with van der Waals surface area (Å²) in [6.07, 6.45) is 6.09. The first-order valence-corrected chi connectivity index (χ1v) is 9.80. The fourth-order valence-corrected chi connectivity index (χ4v) is 5.15. The lowest BCUT2D eigenvalue weighted by Crippen LogP contribution is -2.16. The van der Waals surface area contributed by atoms with E-state index < -0.39 is 7.37 Å². The number of unbranched alkanes of at least 4 members (excludes halogenated alkanes) is 3. The van der Waals surface area contributed by atoms with Gasteiger partial charge in [-0.15, -0.1) is 11.6 Å². The maximum absolute atomic E-state index is 13.0. The Morgan fingerprint density at radius 1 is 1.15 bits per heavy atom. The number of alkyl halides is 1. The highest BCUT2D eigenvalue weighted by atomic mass is 35.5. The number of benzene rings is 1. The average molecular weight is 317 g/mol. The molecular formula is C16H26ClO2P. The van der Waals surface area contributed by atoms with Gasteiger partial charge in [0, 0.05) is 16.8 Å². The number of halogens is 1. The fourth-order valence-electron chi connectivity index (χ4n) is 2.24. The summed E-state index contributed by atoms with van der Waals surface area (Å²) in [6, 6.07) is 9.45. The predicted octanol–water partition coefficient (Wildman–Crippen LogP) is 5.20. The third-order valence-corrected chi connectivity index (χ3v) is 6.57. The Hall–Kier alpha value is -0.300. The average Bonchev–Trinajstić information content (AvgIpc) is 2.45. The Morgan fingerprint density at radius 3 is 2.45 bits per heavy atom. The Morgan fingerprint density at radius 2 is 1.85 bits per heavy atom. The summed E-state index contributed by atoms with van der Waals surface area (Å²) in [5, 5.41) is 0.700. The smallest absolute Gasteiger partial charge is 0.233 e. The van der Waals surface area contributed by atoms with Gasteiger partial charge in [-0.3, -0.25) is 4.57 Å². The molecule has 1 aromatic rings. The molecule has 2 unspecified atom stereocenters. The van der Waals surface area contributed by atoms with Crippen LogP contribution in [0.4, 0.5) is 0 Å². The molecule has 4 heteroatoms. The highest BCUT2D eigenvalue weighted by Crippen LogP contribution is 2.47. The summed E-state index contributed by atoms with van der Waals surface area (Å²) in [5.41, 5.74) is 0. The molecule has 20 heavy (non-hydrogen) atoms. The molecule has 2 nitrogen and oxygen atoms in total. The van der Waals surface area contributed by atoms with Gasteiger partial charge in [-0.1, -0.05) is 50.8 Å². The first-order chi connectivity index (χ1) is 9.62. The molecular weight excluding hydrogens is 291 g/mol. The predicted molar refractivity (Wildman–Crippen MR) is 88.6 cm³/mol. The molecule has 0 saturated carbocycles. The zero-order chi connectivity index (χ0) is 14.8. The normalized spacial score (nSPS) is 15.8. The van der Waals surface area contributed by atoms with Gasteiger partial charge in [0.15, 0.2) is 0 Å². The highest BCUT2D eigenvalue weighted by Gasteiger charge is 2.28. The van der Waals surface area contributed by atoms with Gasteiger partial charge in [0.1, 0.15) is 0 Å². The standard InChI is InChI=1S/C16H26ClO2P/c1-3-5-6-8-11-15(17)14-20(18,19-4-2)16-12-9-7-10-13-16/h7,9-10,12-13,15H,3-6,8,11,14H2,1-2H3. The van der Waals surface area contributed by atoms with E-state index in [0.717, 1.165) is 18.1 Å². The summed E-state index contributed by atoms with van der Waals surface area (Å²) in [7, 11) is -2.82. The summed E-state index contributed by atoms with van der Waals surface area (Å²) in [5.74, 6) is 0. The highest BCUT2D eigenvalue weighted by molar-refractivity contribution is 7.67. The summed E-state index contributed by atoms with van der Waals surface area (Å²) >= 11 is 6.38. The van der Waals surface area contributed by atoms with E-state index in [1.165, 1.54) is 19.3 Å². The topological polar surface area (TPSA) is 26.3 Å². The maximum Gasteiger partial charge on any atom is 0.233 e. The third-order valence-electron chi connectivity index (χ3n) is 3.30. The minimum atomic E-state index is -2.82. The molecule has 0 aliphatic heterocycles. The minimum Gasteiger partial charge on any atom is -0.326 e. The fraction of sp³-hybridized carbons (Fsp3) is 0.625. The van der Waals surface area contributed by atoms with Crippen molar-refractivity contribution >= 4 is 24.3 Å². The van der Waals surface area contributed by atoms with E-state index in [1.807, 2.05) is 37.3 Å². The lowest BCUT2D eigenvalue weighted by Gasteiger charge is -2.21. The maximum atomic E-state index is 13.0. The Kier molecular flexibility index (Phi) is 8.52. The van der Waals surface area contributed by atoms with E-state index in [4.69, 9.17) is 16.1 Å². The van der Waals surface area contributed by atoms with Crippen LogP contribution in [0.1, 0.15) is 46.0 Å². The SMILES string of the molecule is CCCCCCC(Cl)CP(=O)(OCC)c1ccccc1. The Balaban J connectivity index is 2.60. The molecule has 0 heterocycles. The molecule has 0 radical (unpaired) electrons. The molecule has 2 atom stereocenters. The van der Waals surface area contributed by atoms with Crippen LogP contribution in [0.25, 0.3) is 0 Å². The monoisotopic (exact) mass is 316 g/mol. The summed E-state index contributed by atoms with van der Waals surface area (Å²) in [4.78, 5) is 0. The quantitative estimate of drug-likeness (QED) is 0.337. The van der Waals surface area contributed by atoms with E-state index in [0.29, 0.717) is 12.8 Å². The zero-order valence-electron chi connectivity index (χ0n) is 12.6. The van der Waals surface area contributed by atoms with Crippen LogP contribution in [-0.4, -0.2) is 18.1 Å². The molecule has 0 N–H and O–H groups in total. The van der Waals surface area contributed by atoms with E-state index in [9.17, 15) is 4.57 Å². The lowest BCUT2D eigenvalue weighted by molar-refractivity contribution is 0.340.